The largest absolute Gasteiger partial charge is 0.378 e. The van der Waals surface area contributed by atoms with Gasteiger partial charge in [0.05, 0.1) is 4.90 Å². The summed E-state index contributed by atoms with van der Waals surface area (Å²) >= 11 is 0. The molecule has 2 atom stereocenters. The minimum atomic E-state index is -3.57. The monoisotopic (exact) mass is 297 g/mol. The molecule has 20 heavy (non-hydrogen) atoms. The van der Waals surface area contributed by atoms with Gasteiger partial charge in [-0.1, -0.05) is 0 Å². The molecule has 2 unspecified atom stereocenters. The minimum Gasteiger partial charge on any atom is -0.378 e. The number of sulfonamides is 1. The molecule has 1 aliphatic heterocycles. The van der Waals surface area contributed by atoms with Crippen molar-refractivity contribution in [2.45, 2.75) is 10.9 Å². The zero-order chi connectivity index (χ0) is 15.1. The van der Waals surface area contributed by atoms with Crippen molar-refractivity contribution < 1.29 is 13.2 Å². The highest BCUT2D eigenvalue weighted by atomic mass is 32.2. The van der Waals surface area contributed by atoms with Crippen LogP contribution in [0.2, 0.25) is 0 Å². The maximum absolute atomic E-state index is 12.4. The lowest BCUT2D eigenvalue weighted by Gasteiger charge is -2.13. The van der Waals surface area contributed by atoms with Crippen molar-refractivity contribution in [2.75, 3.05) is 39.6 Å². The summed E-state index contributed by atoms with van der Waals surface area (Å²) in [7, 11) is 3.45. The van der Waals surface area contributed by atoms with E-state index in [0.717, 1.165) is 5.69 Å². The van der Waals surface area contributed by atoms with E-state index in [4.69, 9.17) is 0 Å². The quantitative estimate of drug-likeness (QED) is 0.746. The summed E-state index contributed by atoms with van der Waals surface area (Å²) in [4.78, 5) is 15.3. The summed E-state index contributed by atoms with van der Waals surface area (Å²) in [5, 5.41) is 0. The number of amides is 1. The number of likely N-dealkylation sites (N-methyl/N-ethyl adjacent to an activating group) is 1. The number of hydrogen-bond acceptors (Lipinski definition) is 4. The average molecular weight is 297 g/mol. The normalized spacial score (nSPS) is 21.4. The van der Waals surface area contributed by atoms with E-state index in [2.05, 4.69) is 0 Å². The van der Waals surface area contributed by atoms with Gasteiger partial charge < -0.3 is 9.80 Å². The van der Waals surface area contributed by atoms with Gasteiger partial charge in [0.2, 0.25) is 15.9 Å². The number of hydrogen-bond donors (Lipinski definition) is 0. The van der Waals surface area contributed by atoms with Gasteiger partial charge in [-0.15, -0.1) is 0 Å². The number of benzene rings is 1. The van der Waals surface area contributed by atoms with Gasteiger partial charge in [-0.25, -0.2) is 8.42 Å². The van der Waals surface area contributed by atoms with Crippen LogP contribution in [0.15, 0.2) is 29.2 Å². The third kappa shape index (κ3) is 2.64. The molecule has 1 amide bonds. The lowest BCUT2D eigenvalue weighted by molar-refractivity contribution is -0.128. The number of nitrogens with zero attached hydrogens (tertiary/aromatic N) is 3. The third-order valence-corrected chi connectivity index (χ3v) is 5.14. The van der Waals surface area contributed by atoms with Gasteiger partial charge in [0.1, 0.15) is 6.04 Å². The van der Waals surface area contributed by atoms with Crippen LogP contribution in [-0.2, 0) is 14.8 Å². The number of carbonyl (C=O) groups excluding carboxylic acids is 1. The van der Waals surface area contributed by atoms with Crippen LogP contribution < -0.4 is 4.90 Å². The Kier molecular flexibility index (Phi) is 3.75. The number of carbonyl (C=O) groups is 1. The molecule has 7 heteroatoms. The molecule has 6 nitrogen and oxygen atoms in total. The van der Waals surface area contributed by atoms with E-state index in [9.17, 15) is 13.2 Å². The molecule has 1 aromatic rings. The smallest absolute Gasteiger partial charge is 0.243 e. The Labute approximate surface area is 119 Å². The first-order chi connectivity index (χ1) is 9.25. The summed E-state index contributed by atoms with van der Waals surface area (Å²) in [6, 6.07) is 6.09. The number of rotatable bonds is 4. The molecule has 1 aliphatic rings. The van der Waals surface area contributed by atoms with Gasteiger partial charge in [0.25, 0.3) is 0 Å². The summed E-state index contributed by atoms with van der Waals surface area (Å²) in [5.41, 5.74) is 0.927. The molecule has 1 heterocycles. The molecule has 2 rings (SSSR count). The van der Waals surface area contributed by atoms with Crippen LogP contribution in [0, 0.1) is 0 Å². The highest BCUT2D eigenvalue weighted by molar-refractivity contribution is 7.89. The molecule has 0 N–H and O–H groups in total. The number of anilines is 1. The molecular formula is C13H19N3O3S. The molecule has 110 valence electrons. The topological polar surface area (TPSA) is 60.7 Å². The van der Waals surface area contributed by atoms with Crippen LogP contribution in [0.5, 0.6) is 0 Å². The molecule has 0 aliphatic carbocycles. The van der Waals surface area contributed by atoms with Crippen molar-refractivity contribution in [1.82, 2.24) is 9.21 Å². The predicted molar refractivity (Wildman–Crippen MR) is 77.1 cm³/mol. The van der Waals surface area contributed by atoms with E-state index in [1.165, 1.54) is 9.21 Å². The maximum Gasteiger partial charge on any atom is 0.243 e. The van der Waals surface area contributed by atoms with Crippen LogP contribution in [0.1, 0.15) is 0 Å². The summed E-state index contributed by atoms with van der Waals surface area (Å²) in [5.74, 6) is -0.182. The van der Waals surface area contributed by atoms with Crippen molar-refractivity contribution in [2.24, 2.45) is 0 Å². The van der Waals surface area contributed by atoms with Gasteiger partial charge in [0.15, 0.2) is 0 Å². The molecule has 1 fully saturated rings. The molecule has 1 aromatic carbocycles. The SMILES string of the molecule is CN(C)C(=O)C1CN1S(=O)(=O)c1ccc(N(C)C)cc1. The molecular weight excluding hydrogens is 278 g/mol. The Bertz CT molecular complexity index is 608. The second kappa shape index (κ2) is 5.06. The molecule has 0 saturated carbocycles. The predicted octanol–water partition coefficient (Wildman–Crippen LogP) is 0.214. The van der Waals surface area contributed by atoms with Gasteiger partial charge in [-0.3, -0.25) is 4.79 Å². The Morgan fingerprint density at radius 3 is 2.15 bits per heavy atom. The van der Waals surface area contributed by atoms with E-state index in [1.807, 2.05) is 19.0 Å². The van der Waals surface area contributed by atoms with Crippen molar-refractivity contribution in [3.63, 3.8) is 0 Å². The van der Waals surface area contributed by atoms with E-state index < -0.39 is 16.1 Å². The summed E-state index contributed by atoms with van der Waals surface area (Å²) < 4.78 is 25.9. The fourth-order valence-corrected chi connectivity index (χ4v) is 3.45. The van der Waals surface area contributed by atoms with Gasteiger partial charge in [0, 0.05) is 40.4 Å². The van der Waals surface area contributed by atoms with Crippen LogP contribution >= 0.6 is 0 Å². The van der Waals surface area contributed by atoms with Crippen LogP contribution in [0.4, 0.5) is 5.69 Å². The van der Waals surface area contributed by atoms with Gasteiger partial charge >= 0.3 is 0 Å². The third-order valence-electron chi connectivity index (χ3n) is 3.25. The van der Waals surface area contributed by atoms with Crippen LogP contribution in [0.25, 0.3) is 0 Å². The Balaban J connectivity index is 2.18. The average Bonchev–Trinajstić information content (AvgIpc) is 3.18. The van der Waals surface area contributed by atoms with Crippen molar-refractivity contribution >= 4 is 21.6 Å². The Hall–Kier alpha value is -1.60. The van der Waals surface area contributed by atoms with Crippen molar-refractivity contribution in [3.8, 4) is 0 Å². The molecule has 1 saturated heterocycles. The first-order valence-corrected chi connectivity index (χ1v) is 7.69. The second-order valence-electron chi connectivity index (χ2n) is 5.21. The molecule has 0 bridgehead atoms. The minimum absolute atomic E-state index is 0.182. The molecule has 0 radical (unpaired) electrons. The highest BCUT2D eigenvalue weighted by Gasteiger charge is 2.49. The van der Waals surface area contributed by atoms with Crippen molar-refractivity contribution in [1.29, 1.82) is 0 Å². The Morgan fingerprint density at radius 1 is 1.15 bits per heavy atom. The zero-order valence-electron chi connectivity index (χ0n) is 12.1. The van der Waals surface area contributed by atoms with Gasteiger partial charge in [-0.2, -0.15) is 4.31 Å². The van der Waals surface area contributed by atoms with E-state index in [0.29, 0.717) is 0 Å². The van der Waals surface area contributed by atoms with Gasteiger partial charge in [-0.05, 0) is 24.3 Å². The Morgan fingerprint density at radius 2 is 1.70 bits per heavy atom. The molecule has 0 aromatic heterocycles. The highest BCUT2D eigenvalue weighted by Crippen LogP contribution is 2.29. The standard InChI is InChI=1S/C13H19N3O3S/c1-14(2)10-5-7-11(8-6-10)20(18,19)16-9-12(16)13(17)15(3)4/h5-8,12H,9H2,1-4H3. The summed E-state index contributed by atoms with van der Waals surface area (Å²) in [6.45, 7) is 0.259. The second-order valence-corrected chi connectivity index (χ2v) is 7.10. The fourth-order valence-electron chi connectivity index (χ4n) is 1.94. The lowest BCUT2D eigenvalue weighted by Crippen LogP contribution is -2.30. The van der Waals surface area contributed by atoms with E-state index in [1.54, 1.807) is 38.4 Å². The zero-order valence-corrected chi connectivity index (χ0v) is 12.9. The lowest BCUT2D eigenvalue weighted by atomic mass is 10.3. The first-order valence-electron chi connectivity index (χ1n) is 6.25. The van der Waals surface area contributed by atoms with E-state index in [-0.39, 0.29) is 17.3 Å². The van der Waals surface area contributed by atoms with Crippen molar-refractivity contribution in [3.05, 3.63) is 24.3 Å². The maximum atomic E-state index is 12.4. The van der Waals surface area contributed by atoms with E-state index >= 15 is 0 Å². The van der Waals surface area contributed by atoms with Crippen LogP contribution in [0.3, 0.4) is 0 Å². The molecule has 0 spiro atoms. The van der Waals surface area contributed by atoms with Crippen LogP contribution in [-0.4, -0.2) is 64.3 Å². The summed E-state index contributed by atoms with van der Waals surface area (Å²) in [6.07, 6.45) is 0. The fraction of sp³-hybridized carbons (Fsp3) is 0.462. The first kappa shape index (κ1) is 14.8.